The summed E-state index contributed by atoms with van der Waals surface area (Å²) in [5.74, 6) is -1.83. The number of likely N-dealkylation sites (tertiary alicyclic amines) is 1. The molecule has 2 aliphatic heterocycles. The maximum atomic E-state index is 13.0. The summed E-state index contributed by atoms with van der Waals surface area (Å²) in [5, 5.41) is 5.62. The Balaban J connectivity index is 1.39. The van der Waals surface area contributed by atoms with Crippen LogP contribution in [0.5, 0.6) is 0 Å². The van der Waals surface area contributed by atoms with Gasteiger partial charge in [0.1, 0.15) is 0 Å². The molecule has 1 aromatic carbocycles. The van der Waals surface area contributed by atoms with Crippen LogP contribution in [0.15, 0.2) is 24.3 Å². The first kappa shape index (κ1) is 17.7. The molecular weight excluding hydrogens is 346 g/mol. The SMILES string of the molecule is C[C@]12C(=O)c3ccccc3NC(=O)[C@H]1[C@H]2C(=O)NCCCN1CCCC1=O. The second-order valence-corrected chi connectivity index (χ2v) is 7.73. The van der Waals surface area contributed by atoms with Crippen LogP contribution >= 0.6 is 0 Å². The van der Waals surface area contributed by atoms with Gasteiger partial charge in [-0.15, -0.1) is 0 Å². The summed E-state index contributed by atoms with van der Waals surface area (Å²) in [5.41, 5.74) is -0.0276. The van der Waals surface area contributed by atoms with E-state index in [1.165, 1.54) is 0 Å². The molecule has 0 spiro atoms. The smallest absolute Gasteiger partial charge is 0.229 e. The van der Waals surface area contributed by atoms with Gasteiger partial charge < -0.3 is 15.5 Å². The Morgan fingerprint density at radius 2 is 2.07 bits per heavy atom. The van der Waals surface area contributed by atoms with E-state index in [-0.39, 0.29) is 23.5 Å². The van der Waals surface area contributed by atoms with Crippen LogP contribution in [0.4, 0.5) is 5.69 Å². The van der Waals surface area contributed by atoms with Crippen molar-refractivity contribution in [3.05, 3.63) is 29.8 Å². The van der Waals surface area contributed by atoms with Crippen LogP contribution in [0.3, 0.4) is 0 Å². The van der Waals surface area contributed by atoms with Gasteiger partial charge in [-0.2, -0.15) is 0 Å². The highest BCUT2D eigenvalue weighted by molar-refractivity contribution is 6.19. The summed E-state index contributed by atoms with van der Waals surface area (Å²) in [6.45, 7) is 3.53. The lowest BCUT2D eigenvalue weighted by Gasteiger charge is -2.16. The van der Waals surface area contributed by atoms with Crippen LogP contribution < -0.4 is 10.6 Å². The molecular formula is C20H23N3O4. The van der Waals surface area contributed by atoms with Gasteiger partial charge in [-0.25, -0.2) is 0 Å². The Bertz CT molecular complexity index is 836. The number of anilines is 1. The molecule has 7 nitrogen and oxygen atoms in total. The molecule has 1 aliphatic carbocycles. The van der Waals surface area contributed by atoms with E-state index in [9.17, 15) is 19.2 Å². The number of nitrogens with zero attached hydrogens (tertiary/aromatic N) is 1. The van der Waals surface area contributed by atoms with Crippen LogP contribution in [0.2, 0.25) is 0 Å². The Hall–Kier alpha value is -2.70. The van der Waals surface area contributed by atoms with Gasteiger partial charge >= 0.3 is 0 Å². The quantitative estimate of drug-likeness (QED) is 0.763. The predicted octanol–water partition coefficient (Wildman–Crippen LogP) is 1.20. The molecule has 2 heterocycles. The predicted molar refractivity (Wildman–Crippen MR) is 97.9 cm³/mol. The van der Waals surface area contributed by atoms with Crippen LogP contribution in [-0.2, 0) is 14.4 Å². The van der Waals surface area contributed by atoms with Crippen molar-refractivity contribution in [1.29, 1.82) is 0 Å². The summed E-state index contributed by atoms with van der Waals surface area (Å²) < 4.78 is 0. The molecule has 1 saturated carbocycles. The zero-order valence-electron chi connectivity index (χ0n) is 15.3. The summed E-state index contributed by atoms with van der Waals surface area (Å²) in [6, 6.07) is 6.91. The van der Waals surface area contributed by atoms with Gasteiger partial charge in [-0.1, -0.05) is 19.1 Å². The molecule has 2 N–H and O–H groups in total. The highest BCUT2D eigenvalue weighted by Gasteiger charge is 2.73. The molecule has 0 bridgehead atoms. The lowest BCUT2D eigenvalue weighted by atomic mass is 9.92. The van der Waals surface area contributed by atoms with Crippen molar-refractivity contribution in [3.63, 3.8) is 0 Å². The average molecular weight is 369 g/mol. The number of hydrogen-bond acceptors (Lipinski definition) is 4. The zero-order chi connectivity index (χ0) is 19.2. The van der Waals surface area contributed by atoms with E-state index in [4.69, 9.17) is 0 Å². The normalized spacial score (nSPS) is 28.9. The van der Waals surface area contributed by atoms with E-state index in [0.29, 0.717) is 37.2 Å². The van der Waals surface area contributed by atoms with Crippen molar-refractivity contribution in [2.24, 2.45) is 17.3 Å². The van der Waals surface area contributed by atoms with Gasteiger partial charge in [0.25, 0.3) is 0 Å². The van der Waals surface area contributed by atoms with E-state index in [0.717, 1.165) is 13.0 Å². The van der Waals surface area contributed by atoms with Gasteiger partial charge in [-0.05, 0) is 25.0 Å². The number of carbonyl (C=O) groups is 4. The molecule has 1 aromatic rings. The van der Waals surface area contributed by atoms with Crippen molar-refractivity contribution in [3.8, 4) is 0 Å². The average Bonchev–Trinajstić information content (AvgIpc) is 3.12. The van der Waals surface area contributed by atoms with Gasteiger partial charge in [-0.3, -0.25) is 19.2 Å². The van der Waals surface area contributed by atoms with Crippen molar-refractivity contribution < 1.29 is 19.2 Å². The summed E-state index contributed by atoms with van der Waals surface area (Å²) in [6.07, 6.45) is 2.16. The topological polar surface area (TPSA) is 95.6 Å². The first-order valence-corrected chi connectivity index (χ1v) is 9.45. The minimum Gasteiger partial charge on any atom is -0.356 e. The number of nitrogens with one attached hydrogen (secondary N) is 2. The highest BCUT2D eigenvalue weighted by Crippen LogP contribution is 2.62. The number of Topliss-reactive ketones (excluding diaryl/α,β-unsaturated/α-hetero) is 1. The number of rotatable bonds is 5. The number of hydrogen-bond donors (Lipinski definition) is 2. The fraction of sp³-hybridized carbons (Fsp3) is 0.500. The molecule has 27 heavy (non-hydrogen) atoms. The molecule has 7 heteroatoms. The minimum absolute atomic E-state index is 0.163. The van der Waals surface area contributed by atoms with E-state index in [1.807, 2.05) is 4.90 Å². The summed E-state index contributed by atoms with van der Waals surface area (Å²) >= 11 is 0. The third-order valence-corrected chi connectivity index (χ3v) is 6.08. The molecule has 3 amide bonds. The summed E-state index contributed by atoms with van der Waals surface area (Å²) in [4.78, 5) is 51.6. The second kappa shape index (κ2) is 6.48. The molecule has 3 aliphatic rings. The molecule has 142 valence electrons. The minimum atomic E-state index is -0.994. The van der Waals surface area contributed by atoms with Gasteiger partial charge in [0.2, 0.25) is 17.7 Å². The zero-order valence-corrected chi connectivity index (χ0v) is 15.3. The molecule has 0 radical (unpaired) electrons. The molecule has 0 unspecified atom stereocenters. The van der Waals surface area contributed by atoms with Crippen molar-refractivity contribution in [2.45, 2.75) is 26.2 Å². The van der Waals surface area contributed by atoms with Crippen LogP contribution in [0.1, 0.15) is 36.5 Å². The Morgan fingerprint density at radius 1 is 1.30 bits per heavy atom. The number of fused-ring (bicyclic) bond motifs is 2. The van der Waals surface area contributed by atoms with Gasteiger partial charge in [0.05, 0.1) is 22.9 Å². The van der Waals surface area contributed by atoms with Crippen molar-refractivity contribution in [2.75, 3.05) is 25.0 Å². The van der Waals surface area contributed by atoms with E-state index in [1.54, 1.807) is 31.2 Å². The monoisotopic (exact) mass is 369 g/mol. The first-order valence-electron chi connectivity index (χ1n) is 9.45. The largest absolute Gasteiger partial charge is 0.356 e. The lowest BCUT2D eigenvalue weighted by molar-refractivity contribution is -0.127. The highest BCUT2D eigenvalue weighted by atomic mass is 16.2. The first-order chi connectivity index (χ1) is 12.9. The van der Waals surface area contributed by atoms with Crippen molar-refractivity contribution >= 4 is 29.2 Å². The number of ketones is 1. The maximum Gasteiger partial charge on any atom is 0.229 e. The van der Waals surface area contributed by atoms with Gasteiger partial charge in [0, 0.05) is 31.6 Å². The molecule has 3 atom stereocenters. The molecule has 0 aromatic heterocycles. The number of benzene rings is 1. The molecule has 1 saturated heterocycles. The molecule has 4 rings (SSSR count). The van der Waals surface area contributed by atoms with E-state index >= 15 is 0 Å². The standard InChI is InChI=1S/C20H23N3O4/c1-20-15(18(26)21-9-5-11-23-10-4-8-14(23)24)16(20)19(27)22-13-7-3-2-6-12(13)17(20)25/h2-3,6-7,15-16H,4-5,8-11H2,1H3,(H,21,26)(H,22,27)/t15-,16+,20+/m0/s1. The van der Waals surface area contributed by atoms with E-state index < -0.39 is 17.3 Å². The molecule has 2 fully saturated rings. The number of para-hydroxylation sites is 1. The Kier molecular flexibility index (Phi) is 4.25. The fourth-order valence-corrected chi connectivity index (χ4v) is 4.47. The van der Waals surface area contributed by atoms with E-state index in [2.05, 4.69) is 10.6 Å². The van der Waals surface area contributed by atoms with Gasteiger partial charge in [0.15, 0.2) is 5.78 Å². The maximum absolute atomic E-state index is 13.0. The Morgan fingerprint density at radius 3 is 2.81 bits per heavy atom. The van der Waals surface area contributed by atoms with Crippen molar-refractivity contribution in [1.82, 2.24) is 10.2 Å². The fourth-order valence-electron chi connectivity index (χ4n) is 4.47. The number of amides is 3. The third kappa shape index (κ3) is 2.81. The van der Waals surface area contributed by atoms with Crippen LogP contribution in [0, 0.1) is 17.3 Å². The second-order valence-electron chi connectivity index (χ2n) is 7.73. The lowest BCUT2D eigenvalue weighted by Crippen LogP contribution is -2.33. The summed E-state index contributed by atoms with van der Waals surface area (Å²) in [7, 11) is 0. The third-order valence-electron chi connectivity index (χ3n) is 6.08. The van der Waals surface area contributed by atoms with Crippen LogP contribution in [-0.4, -0.2) is 48.0 Å². The number of carbonyl (C=O) groups excluding carboxylic acids is 4. The van der Waals surface area contributed by atoms with Crippen LogP contribution in [0.25, 0.3) is 0 Å². The Labute approximate surface area is 157 Å².